The standard InChI is InChI=1S/C13H12Cl2N2O2/c1-7(2)5-11-13(17(18)19)12(15)9-6-8(14)3-4-10(9)16-11/h3-4,6-7H,5H2,1-2H3. The van der Waals surface area contributed by atoms with Crippen molar-refractivity contribution in [3.8, 4) is 0 Å². The van der Waals surface area contributed by atoms with Gasteiger partial charge in [0.1, 0.15) is 10.7 Å². The fourth-order valence-electron chi connectivity index (χ4n) is 1.95. The predicted octanol–water partition coefficient (Wildman–Crippen LogP) is 4.65. The molecule has 0 atom stereocenters. The molecule has 19 heavy (non-hydrogen) atoms. The normalized spacial score (nSPS) is 11.2. The van der Waals surface area contributed by atoms with Crippen LogP contribution in [0.15, 0.2) is 18.2 Å². The maximum Gasteiger partial charge on any atom is 0.309 e. The first-order chi connectivity index (χ1) is 8.90. The van der Waals surface area contributed by atoms with E-state index in [9.17, 15) is 10.1 Å². The Hall–Kier alpha value is -1.39. The molecular formula is C13H12Cl2N2O2. The van der Waals surface area contributed by atoms with E-state index in [1.807, 2.05) is 13.8 Å². The molecule has 0 N–H and O–H groups in total. The van der Waals surface area contributed by atoms with Gasteiger partial charge in [0.2, 0.25) is 0 Å². The highest BCUT2D eigenvalue weighted by molar-refractivity contribution is 6.38. The number of nitro groups is 1. The molecule has 100 valence electrons. The second-order valence-corrected chi connectivity index (χ2v) is 5.55. The summed E-state index contributed by atoms with van der Waals surface area (Å²) in [4.78, 5) is 15.1. The minimum Gasteiger partial charge on any atom is -0.258 e. The van der Waals surface area contributed by atoms with Gasteiger partial charge in [-0.15, -0.1) is 0 Å². The lowest BCUT2D eigenvalue weighted by molar-refractivity contribution is -0.385. The number of aromatic nitrogens is 1. The lowest BCUT2D eigenvalue weighted by Crippen LogP contribution is -2.04. The number of hydrogen-bond acceptors (Lipinski definition) is 3. The third-order valence-electron chi connectivity index (χ3n) is 2.72. The number of hydrogen-bond donors (Lipinski definition) is 0. The summed E-state index contributed by atoms with van der Waals surface area (Å²) in [6, 6.07) is 5.01. The first kappa shape index (κ1) is 14.0. The lowest BCUT2D eigenvalue weighted by atomic mass is 10.0. The van der Waals surface area contributed by atoms with E-state index in [0.717, 1.165) is 0 Å². The van der Waals surface area contributed by atoms with E-state index in [4.69, 9.17) is 23.2 Å². The quantitative estimate of drug-likeness (QED) is 0.612. The van der Waals surface area contributed by atoms with E-state index >= 15 is 0 Å². The topological polar surface area (TPSA) is 56.0 Å². The molecule has 0 aliphatic rings. The van der Waals surface area contributed by atoms with Gasteiger partial charge in [0.15, 0.2) is 0 Å². The van der Waals surface area contributed by atoms with Crippen molar-refractivity contribution < 1.29 is 4.92 Å². The first-order valence-corrected chi connectivity index (χ1v) is 6.57. The molecule has 0 saturated heterocycles. The van der Waals surface area contributed by atoms with Crippen LogP contribution in [-0.2, 0) is 6.42 Å². The second-order valence-electron chi connectivity index (χ2n) is 4.74. The third kappa shape index (κ3) is 2.80. The maximum absolute atomic E-state index is 11.2. The Morgan fingerprint density at radius 2 is 2.05 bits per heavy atom. The van der Waals surface area contributed by atoms with E-state index < -0.39 is 4.92 Å². The SMILES string of the molecule is CC(C)Cc1nc2ccc(Cl)cc2c(Cl)c1[N+](=O)[O-]. The van der Waals surface area contributed by atoms with Gasteiger partial charge in [-0.25, -0.2) is 4.98 Å². The number of benzene rings is 1. The summed E-state index contributed by atoms with van der Waals surface area (Å²) in [7, 11) is 0. The summed E-state index contributed by atoms with van der Waals surface area (Å²) in [5.74, 6) is 0.256. The van der Waals surface area contributed by atoms with Crippen molar-refractivity contribution in [2.75, 3.05) is 0 Å². The minimum atomic E-state index is -0.479. The average molecular weight is 299 g/mol. The van der Waals surface area contributed by atoms with Gasteiger partial charge < -0.3 is 0 Å². The van der Waals surface area contributed by atoms with Crippen molar-refractivity contribution in [1.29, 1.82) is 0 Å². The minimum absolute atomic E-state index is 0.105. The fourth-order valence-corrected chi connectivity index (χ4v) is 2.45. The van der Waals surface area contributed by atoms with Crippen LogP contribution in [0.4, 0.5) is 5.69 Å². The van der Waals surface area contributed by atoms with Crippen molar-refractivity contribution in [3.05, 3.63) is 44.1 Å². The Morgan fingerprint density at radius 3 is 2.63 bits per heavy atom. The van der Waals surface area contributed by atoms with E-state index in [1.54, 1.807) is 18.2 Å². The maximum atomic E-state index is 11.2. The molecule has 2 rings (SSSR count). The molecular weight excluding hydrogens is 287 g/mol. The van der Waals surface area contributed by atoms with Gasteiger partial charge in [-0.1, -0.05) is 37.0 Å². The second kappa shape index (κ2) is 5.31. The van der Waals surface area contributed by atoms with Crippen LogP contribution < -0.4 is 0 Å². The van der Waals surface area contributed by atoms with Crippen LogP contribution in [0, 0.1) is 16.0 Å². The molecule has 0 aliphatic carbocycles. The largest absolute Gasteiger partial charge is 0.309 e. The van der Waals surface area contributed by atoms with E-state index in [0.29, 0.717) is 28.0 Å². The van der Waals surface area contributed by atoms with Gasteiger partial charge >= 0.3 is 5.69 Å². The molecule has 0 radical (unpaired) electrons. The molecule has 0 bridgehead atoms. The summed E-state index contributed by atoms with van der Waals surface area (Å²) < 4.78 is 0. The number of pyridine rings is 1. The highest BCUT2D eigenvalue weighted by Gasteiger charge is 2.24. The molecule has 0 unspecified atom stereocenters. The van der Waals surface area contributed by atoms with E-state index in [-0.39, 0.29) is 16.6 Å². The highest BCUT2D eigenvalue weighted by atomic mass is 35.5. The van der Waals surface area contributed by atoms with Crippen molar-refractivity contribution in [3.63, 3.8) is 0 Å². The smallest absolute Gasteiger partial charge is 0.258 e. The molecule has 0 spiro atoms. The number of nitrogens with zero attached hydrogens (tertiary/aromatic N) is 2. The van der Waals surface area contributed by atoms with Gasteiger partial charge in [0, 0.05) is 10.4 Å². The molecule has 0 amide bonds. The summed E-state index contributed by atoms with van der Waals surface area (Å²) in [5, 5.41) is 12.3. The molecule has 6 heteroatoms. The Bertz CT molecular complexity index is 657. The van der Waals surface area contributed by atoms with Gasteiger partial charge in [0.25, 0.3) is 0 Å². The molecule has 1 heterocycles. The molecule has 2 aromatic rings. The molecule has 4 nitrogen and oxygen atoms in total. The van der Waals surface area contributed by atoms with Crippen LogP contribution in [0.1, 0.15) is 19.5 Å². The van der Waals surface area contributed by atoms with E-state index in [2.05, 4.69) is 4.98 Å². The molecule has 0 fully saturated rings. The predicted molar refractivity (Wildman–Crippen MR) is 77.0 cm³/mol. The van der Waals surface area contributed by atoms with Crippen LogP contribution in [0.3, 0.4) is 0 Å². The summed E-state index contributed by atoms with van der Waals surface area (Å²) in [6.07, 6.45) is 0.509. The summed E-state index contributed by atoms with van der Waals surface area (Å²) in [6.45, 7) is 3.96. The molecule has 0 aliphatic heterocycles. The molecule has 1 aromatic carbocycles. The zero-order valence-corrected chi connectivity index (χ0v) is 12.0. The Kier molecular flexibility index (Phi) is 3.92. The Balaban J connectivity index is 2.77. The van der Waals surface area contributed by atoms with Gasteiger partial charge in [-0.2, -0.15) is 0 Å². The van der Waals surface area contributed by atoms with Crippen molar-refractivity contribution in [2.45, 2.75) is 20.3 Å². The van der Waals surface area contributed by atoms with Crippen LogP contribution in [-0.4, -0.2) is 9.91 Å². The van der Waals surface area contributed by atoms with Crippen molar-refractivity contribution in [1.82, 2.24) is 4.98 Å². The summed E-state index contributed by atoms with van der Waals surface area (Å²) in [5.41, 5.74) is 0.917. The van der Waals surface area contributed by atoms with Crippen LogP contribution in [0.5, 0.6) is 0 Å². The number of fused-ring (bicyclic) bond motifs is 1. The Labute approximate surface area is 120 Å². The van der Waals surface area contributed by atoms with Crippen molar-refractivity contribution >= 4 is 39.8 Å². The lowest BCUT2D eigenvalue weighted by Gasteiger charge is -2.09. The average Bonchev–Trinajstić information content (AvgIpc) is 2.29. The number of halogens is 2. The monoisotopic (exact) mass is 298 g/mol. The van der Waals surface area contributed by atoms with Gasteiger partial charge in [-0.3, -0.25) is 10.1 Å². The van der Waals surface area contributed by atoms with E-state index in [1.165, 1.54) is 0 Å². The van der Waals surface area contributed by atoms with Gasteiger partial charge in [-0.05, 0) is 30.5 Å². The number of rotatable bonds is 3. The summed E-state index contributed by atoms with van der Waals surface area (Å²) >= 11 is 12.0. The van der Waals surface area contributed by atoms with Crippen LogP contribution >= 0.6 is 23.2 Å². The third-order valence-corrected chi connectivity index (χ3v) is 3.33. The van der Waals surface area contributed by atoms with Crippen LogP contribution in [0.2, 0.25) is 10.0 Å². The first-order valence-electron chi connectivity index (χ1n) is 5.82. The van der Waals surface area contributed by atoms with Crippen LogP contribution in [0.25, 0.3) is 10.9 Å². The van der Waals surface area contributed by atoms with Crippen molar-refractivity contribution in [2.24, 2.45) is 5.92 Å². The Morgan fingerprint density at radius 1 is 1.37 bits per heavy atom. The molecule has 1 aromatic heterocycles. The van der Waals surface area contributed by atoms with Gasteiger partial charge in [0.05, 0.1) is 10.4 Å². The molecule has 0 saturated carbocycles. The fraction of sp³-hybridized carbons (Fsp3) is 0.308. The highest BCUT2D eigenvalue weighted by Crippen LogP contribution is 2.36. The zero-order chi connectivity index (χ0) is 14.2. The zero-order valence-electron chi connectivity index (χ0n) is 10.5.